The molecule has 2 fully saturated rings. The first-order chi connectivity index (χ1) is 17.3. The Kier molecular flexibility index (Phi) is 9.35. The number of hydrogen-bond acceptors (Lipinski definition) is 4. The van der Waals surface area contributed by atoms with E-state index in [1.54, 1.807) is 11.9 Å². The fourth-order valence-electron chi connectivity index (χ4n) is 5.55. The predicted octanol–water partition coefficient (Wildman–Crippen LogP) is 7.21. The van der Waals surface area contributed by atoms with Gasteiger partial charge in [-0.15, -0.1) is 0 Å². The molecule has 2 aliphatic rings. The lowest BCUT2D eigenvalue weighted by atomic mass is 9.84. The zero-order valence-electron chi connectivity index (χ0n) is 22.2. The molecule has 3 N–H and O–H groups in total. The molecule has 0 spiro atoms. The Morgan fingerprint density at radius 2 is 1.53 bits per heavy atom. The molecule has 5 nitrogen and oxygen atoms in total. The normalized spacial score (nSPS) is 18.6. The van der Waals surface area contributed by atoms with Crippen LogP contribution in [0.1, 0.15) is 91.4 Å². The van der Waals surface area contributed by atoms with E-state index in [9.17, 15) is 9.59 Å². The van der Waals surface area contributed by atoms with Gasteiger partial charge in [0.1, 0.15) is 6.04 Å². The summed E-state index contributed by atoms with van der Waals surface area (Å²) in [4.78, 5) is 27.9. The maximum Gasteiger partial charge on any atom is 0.246 e. The van der Waals surface area contributed by atoms with Crippen LogP contribution in [0.4, 0.5) is 5.69 Å². The van der Waals surface area contributed by atoms with Crippen molar-refractivity contribution in [2.45, 2.75) is 108 Å². The summed E-state index contributed by atoms with van der Waals surface area (Å²) < 4.78 is 3.49. The van der Waals surface area contributed by atoms with Gasteiger partial charge in [0, 0.05) is 27.4 Å². The van der Waals surface area contributed by atoms with Gasteiger partial charge in [-0.1, -0.05) is 75.6 Å². The van der Waals surface area contributed by atoms with Crippen molar-refractivity contribution in [2.24, 2.45) is 11.8 Å². The third kappa shape index (κ3) is 7.48. The van der Waals surface area contributed by atoms with E-state index in [-0.39, 0.29) is 23.3 Å². The third-order valence-electron chi connectivity index (χ3n) is 7.51. The van der Waals surface area contributed by atoms with Crippen LogP contribution in [0, 0.1) is 11.8 Å². The second kappa shape index (κ2) is 12.5. The number of hydrogen-bond donors (Lipinski definition) is 3. The smallest absolute Gasteiger partial charge is 0.246 e. The summed E-state index contributed by atoms with van der Waals surface area (Å²) in [5, 5.41) is 8.50. The first kappa shape index (κ1) is 27.0. The highest BCUT2D eigenvalue weighted by atomic mass is 32.2. The van der Waals surface area contributed by atoms with E-state index in [0.29, 0.717) is 5.92 Å². The molecule has 36 heavy (non-hydrogen) atoms. The van der Waals surface area contributed by atoms with E-state index in [4.69, 9.17) is 0 Å². The van der Waals surface area contributed by atoms with Crippen LogP contribution >= 0.6 is 11.9 Å². The molecular weight excluding hydrogens is 466 g/mol. The molecule has 0 aromatic heterocycles. The minimum absolute atomic E-state index is 0.0124. The molecule has 6 heteroatoms. The molecule has 4 rings (SSSR count). The van der Waals surface area contributed by atoms with Crippen molar-refractivity contribution in [1.82, 2.24) is 10.0 Å². The number of amides is 2. The Morgan fingerprint density at radius 3 is 2.22 bits per heavy atom. The molecule has 0 aliphatic heterocycles. The van der Waals surface area contributed by atoms with Gasteiger partial charge in [-0.3, -0.25) is 14.3 Å². The minimum Gasteiger partial charge on any atom is -0.344 e. The third-order valence-corrected chi connectivity index (χ3v) is 8.80. The van der Waals surface area contributed by atoms with E-state index in [1.807, 2.05) is 18.2 Å². The summed E-state index contributed by atoms with van der Waals surface area (Å²) >= 11 is 1.62. The first-order valence-electron chi connectivity index (χ1n) is 13.9. The molecule has 0 bridgehead atoms. The zero-order chi connectivity index (χ0) is 25.5. The van der Waals surface area contributed by atoms with Crippen molar-refractivity contribution in [3.8, 4) is 0 Å². The van der Waals surface area contributed by atoms with Crippen LogP contribution in [0.25, 0.3) is 10.8 Å². The van der Waals surface area contributed by atoms with Crippen LogP contribution in [0.15, 0.2) is 41.3 Å². The standard InChI is InChI=1S/C30H43N3O2S/c1-30(2,3)33-36-27-19-11-16-23-24(27)17-10-18-25(23)31-29(35)26(20-21-12-6-4-7-13-21)32-28(34)22-14-8-5-9-15-22/h10-11,16-19,21-22,26,33H,4-9,12-15,20H2,1-3H3,(H,31,35)(H,32,34)/t26-/m0/s1. The van der Waals surface area contributed by atoms with Crippen LogP contribution in [-0.2, 0) is 9.59 Å². The second-order valence-electron chi connectivity index (χ2n) is 11.7. The Bertz CT molecular complexity index is 1040. The van der Waals surface area contributed by atoms with Crippen LogP contribution in [0.5, 0.6) is 0 Å². The van der Waals surface area contributed by atoms with E-state index in [2.05, 4.69) is 54.3 Å². The number of carbonyl (C=O) groups is 2. The highest BCUT2D eigenvalue weighted by molar-refractivity contribution is 7.97. The molecule has 0 saturated heterocycles. The highest BCUT2D eigenvalue weighted by Crippen LogP contribution is 2.33. The molecular formula is C30H43N3O2S. The van der Waals surface area contributed by atoms with Gasteiger partial charge in [0.2, 0.25) is 11.8 Å². The van der Waals surface area contributed by atoms with Gasteiger partial charge in [0.05, 0.1) is 0 Å². The topological polar surface area (TPSA) is 70.2 Å². The molecule has 2 aliphatic carbocycles. The van der Waals surface area contributed by atoms with Gasteiger partial charge >= 0.3 is 0 Å². The Balaban J connectivity index is 1.52. The number of fused-ring (bicyclic) bond motifs is 1. The number of carbonyl (C=O) groups excluding carboxylic acids is 2. The van der Waals surface area contributed by atoms with Gasteiger partial charge in [-0.25, -0.2) is 0 Å². The maximum absolute atomic E-state index is 13.6. The quantitative estimate of drug-likeness (QED) is 0.329. The average molecular weight is 510 g/mol. The molecule has 0 radical (unpaired) electrons. The molecule has 2 aromatic carbocycles. The Morgan fingerprint density at radius 1 is 0.889 bits per heavy atom. The first-order valence-corrected chi connectivity index (χ1v) is 14.7. The summed E-state index contributed by atoms with van der Waals surface area (Å²) in [5.41, 5.74) is 0.790. The molecule has 1 atom stereocenters. The van der Waals surface area contributed by atoms with Crippen molar-refractivity contribution in [2.75, 3.05) is 5.32 Å². The van der Waals surface area contributed by atoms with Crippen molar-refractivity contribution < 1.29 is 9.59 Å². The molecule has 0 unspecified atom stereocenters. The molecule has 2 amide bonds. The lowest BCUT2D eigenvalue weighted by Gasteiger charge is -2.29. The fourth-order valence-corrected chi connectivity index (χ4v) is 6.40. The van der Waals surface area contributed by atoms with Crippen molar-refractivity contribution in [3.63, 3.8) is 0 Å². The van der Waals surface area contributed by atoms with Crippen LogP contribution in [0.2, 0.25) is 0 Å². The van der Waals surface area contributed by atoms with E-state index in [0.717, 1.165) is 66.3 Å². The zero-order valence-corrected chi connectivity index (χ0v) is 23.0. The summed E-state index contributed by atoms with van der Waals surface area (Å²) in [6, 6.07) is 11.8. The average Bonchev–Trinajstić information content (AvgIpc) is 2.88. The van der Waals surface area contributed by atoms with Gasteiger partial charge in [-0.05, 0) is 75.4 Å². The van der Waals surface area contributed by atoms with Crippen molar-refractivity contribution in [3.05, 3.63) is 36.4 Å². The number of anilines is 1. The molecule has 2 aromatic rings. The largest absolute Gasteiger partial charge is 0.344 e. The van der Waals surface area contributed by atoms with Crippen LogP contribution < -0.4 is 15.4 Å². The van der Waals surface area contributed by atoms with Gasteiger partial charge in [0.25, 0.3) is 0 Å². The number of benzene rings is 2. The molecule has 2 saturated carbocycles. The second-order valence-corrected chi connectivity index (χ2v) is 12.6. The Labute approximate surface area is 221 Å². The van der Waals surface area contributed by atoms with Crippen LogP contribution in [-0.4, -0.2) is 23.4 Å². The summed E-state index contributed by atoms with van der Waals surface area (Å²) in [7, 11) is 0. The fraction of sp³-hybridized carbons (Fsp3) is 0.600. The lowest BCUT2D eigenvalue weighted by molar-refractivity contribution is -0.130. The van der Waals surface area contributed by atoms with Gasteiger partial charge < -0.3 is 10.6 Å². The SMILES string of the molecule is CC(C)(C)NSc1cccc2c(NC(=O)[C@H](CC3CCCCC3)NC(=O)C3CCCCC3)cccc12. The predicted molar refractivity (Wildman–Crippen MR) is 151 cm³/mol. The van der Waals surface area contributed by atoms with Crippen molar-refractivity contribution in [1.29, 1.82) is 0 Å². The molecule has 0 heterocycles. The van der Waals surface area contributed by atoms with Crippen LogP contribution in [0.3, 0.4) is 0 Å². The summed E-state index contributed by atoms with van der Waals surface area (Å²) in [6.45, 7) is 6.43. The number of rotatable bonds is 8. The minimum atomic E-state index is -0.488. The van der Waals surface area contributed by atoms with Gasteiger partial charge in [0.15, 0.2) is 0 Å². The highest BCUT2D eigenvalue weighted by Gasteiger charge is 2.29. The maximum atomic E-state index is 13.6. The van der Waals surface area contributed by atoms with Crippen molar-refractivity contribution >= 4 is 40.2 Å². The van der Waals surface area contributed by atoms with E-state index < -0.39 is 6.04 Å². The van der Waals surface area contributed by atoms with Gasteiger partial charge in [-0.2, -0.15) is 0 Å². The Hall–Kier alpha value is -2.05. The monoisotopic (exact) mass is 509 g/mol. The number of nitrogens with one attached hydrogen (secondary N) is 3. The summed E-state index contributed by atoms with van der Waals surface area (Å²) in [5.74, 6) is 0.520. The molecule has 196 valence electrons. The van der Waals surface area contributed by atoms with E-state index in [1.165, 1.54) is 25.7 Å². The van der Waals surface area contributed by atoms with E-state index >= 15 is 0 Å². The summed E-state index contributed by atoms with van der Waals surface area (Å²) in [6.07, 6.45) is 12.1. The lowest BCUT2D eigenvalue weighted by Crippen LogP contribution is -2.47.